The van der Waals surface area contributed by atoms with E-state index in [0.29, 0.717) is 42.0 Å². The molecule has 0 saturated heterocycles. The van der Waals surface area contributed by atoms with Gasteiger partial charge in [-0.25, -0.2) is 9.48 Å². The van der Waals surface area contributed by atoms with Crippen LogP contribution in [-0.4, -0.2) is 92.3 Å². The summed E-state index contributed by atoms with van der Waals surface area (Å²) in [4.78, 5) is 24.4. The number of hydrogen-bond donors (Lipinski definition) is 6. The molecule has 0 saturated carbocycles. The third-order valence-electron chi connectivity index (χ3n) is 7.10. The summed E-state index contributed by atoms with van der Waals surface area (Å²) in [5.74, 6) is -2.50. The number of aromatic nitrogens is 6. The van der Waals surface area contributed by atoms with Gasteiger partial charge in [0.05, 0.1) is 37.3 Å². The third-order valence-corrected chi connectivity index (χ3v) is 7.10. The molecule has 1 amide bonds. The molecule has 0 aliphatic carbocycles. The van der Waals surface area contributed by atoms with Crippen LogP contribution in [0, 0.1) is 5.92 Å². The second-order valence-electron chi connectivity index (χ2n) is 10.1. The lowest BCUT2D eigenvalue weighted by Crippen LogP contribution is -2.48. The van der Waals surface area contributed by atoms with Crippen LogP contribution in [0.25, 0.3) is 11.3 Å². The molecular formula is C27H35N7O8. The zero-order valence-corrected chi connectivity index (χ0v) is 23.0. The van der Waals surface area contributed by atoms with Gasteiger partial charge in [-0.15, -0.1) is 10.2 Å². The van der Waals surface area contributed by atoms with Crippen LogP contribution >= 0.6 is 0 Å². The van der Waals surface area contributed by atoms with E-state index in [2.05, 4.69) is 25.9 Å². The first-order valence-electron chi connectivity index (χ1n) is 13.6. The van der Waals surface area contributed by atoms with Gasteiger partial charge in [-0.3, -0.25) is 9.48 Å². The maximum Gasteiger partial charge on any atom is 0.370 e. The van der Waals surface area contributed by atoms with Crippen LogP contribution in [0.4, 0.5) is 5.69 Å². The molecule has 3 heterocycles. The number of para-hydroxylation sites is 1. The summed E-state index contributed by atoms with van der Waals surface area (Å²) < 4.78 is 8.54. The van der Waals surface area contributed by atoms with Gasteiger partial charge in [-0.1, -0.05) is 42.0 Å². The Morgan fingerprint density at radius 2 is 1.86 bits per heavy atom. The molecular weight excluding hydrogens is 550 g/mol. The van der Waals surface area contributed by atoms with Gasteiger partial charge in [0.2, 0.25) is 11.7 Å². The molecule has 1 aromatic carbocycles. The van der Waals surface area contributed by atoms with E-state index in [0.717, 1.165) is 12.8 Å². The van der Waals surface area contributed by atoms with Crippen molar-refractivity contribution in [3.05, 3.63) is 54.2 Å². The first kappa shape index (κ1) is 30.8. The van der Waals surface area contributed by atoms with Crippen LogP contribution in [0.1, 0.15) is 44.3 Å². The van der Waals surface area contributed by atoms with Crippen molar-refractivity contribution in [1.29, 1.82) is 0 Å². The molecule has 15 nitrogen and oxygen atoms in total. The molecule has 15 heteroatoms. The summed E-state index contributed by atoms with van der Waals surface area (Å²) in [6.45, 7) is 1.46. The summed E-state index contributed by atoms with van der Waals surface area (Å²) >= 11 is 0. The molecule has 6 N–H and O–H groups in total. The highest BCUT2D eigenvalue weighted by atomic mass is 16.5. The van der Waals surface area contributed by atoms with Crippen molar-refractivity contribution in [2.24, 2.45) is 5.92 Å². The Morgan fingerprint density at radius 3 is 2.57 bits per heavy atom. The number of anilines is 1. The van der Waals surface area contributed by atoms with Crippen molar-refractivity contribution in [2.75, 3.05) is 11.9 Å². The van der Waals surface area contributed by atoms with Crippen LogP contribution in [0.15, 0.2) is 48.5 Å². The second kappa shape index (κ2) is 14.1. The number of amides is 1. The number of carboxylic acids is 1. The molecule has 2 aromatic heterocycles. The fourth-order valence-electron chi connectivity index (χ4n) is 4.77. The topological polar surface area (TPSA) is 218 Å². The Hall–Kier alpha value is -4.18. The first-order chi connectivity index (χ1) is 20.2. The van der Waals surface area contributed by atoms with E-state index >= 15 is 0 Å². The molecule has 0 spiro atoms. The van der Waals surface area contributed by atoms with Gasteiger partial charge in [-0.2, -0.15) is 0 Å². The Kier molecular flexibility index (Phi) is 10.4. The number of allylic oxidation sites excluding steroid dienone is 1. The lowest BCUT2D eigenvalue weighted by atomic mass is 9.87. The summed E-state index contributed by atoms with van der Waals surface area (Å²) in [6.07, 6.45) is 3.02. The molecule has 0 unspecified atom stereocenters. The van der Waals surface area contributed by atoms with Gasteiger partial charge >= 0.3 is 5.97 Å². The van der Waals surface area contributed by atoms with Crippen LogP contribution in [0.3, 0.4) is 0 Å². The normalized spacial score (nSPS) is 19.9. The summed E-state index contributed by atoms with van der Waals surface area (Å²) in [6, 6.07) is 6.39. The lowest BCUT2D eigenvalue weighted by Gasteiger charge is -2.37. The molecule has 42 heavy (non-hydrogen) atoms. The average molecular weight is 586 g/mol. The van der Waals surface area contributed by atoms with E-state index in [9.17, 15) is 30.0 Å². The Bertz CT molecular complexity index is 1390. The zero-order chi connectivity index (χ0) is 30.2. The minimum atomic E-state index is -1.55. The lowest BCUT2D eigenvalue weighted by molar-refractivity contribution is -0.148. The Labute approximate surface area is 241 Å². The highest BCUT2D eigenvalue weighted by Crippen LogP contribution is 2.35. The summed E-state index contributed by atoms with van der Waals surface area (Å²) in [5, 5.41) is 67.4. The predicted molar refractivity (Wildman–Crippen MR) is 146 cm³/mol. The monoisotopic (exact) mass is 585 g/mol. The van der Waals surface area contributed by atoms with Crippen molar-refractivity contribution >= 4 is 17.6 Å². The minimum Gasteiger partial charge on any atom is -0.480 e. The molecule has 1 aliphatic rings. The minimum absolute atomic E-state index is 0.156. The number of carbonyl (C=O) groups is 2. The van der Waals surface area contributed by atoms with Gasteiger partial charge < -0.3 is 35.6 Å². The number of nitrogens with zero attached hydrogens (tertiary/aromatic N) is 6. The van der Waals surface area contributed by atoms with E-state index in [4.69, 9.17) is 9.84 Å². The van der Waals surface area contributed by atoms with Crippen molar-refractivity contribution in [3.8, 4) is 11.3 Å². The molecule has 0 fully saturated rings. The number of nitrogens with one attached hydrogen (secondary N) is 1. The van der Waals surface area contributed by atoms with Crippen LogP contribution in [0.2, 0.25) is 0 Å². The Morgan fingerprint density at radius 1 is 1.07 bits per heavy atom. The SMILES string of the molecule is C[C@H]1[C@H]([C@H](O)[C@H](O)CO)OC(C(=O)O)=C[C@@H]1n1cc(-c2ccccc2NC(=O)CCCCCn2cc(CO)nn2)nn1. The molecule has 226 valence electrons. The van der Waals surface area contributed by atoms with Crippen LogP contribution < -0.4 is 5.32 Å². The molecule has 3 aromatic rings. The largest absolute Gasteiger partial charge is 0.480 e. The second-order valence-corrected chi connectivity index (χ2v) is 10.1. The average Bonchev–Trinajstić information content (AvgIpc) is 3.66. The van der Waals surface area contributed by atoms with E-state index in [-0.39, 0.29) is 12.5 Å². The fourth-order valence-corrected chi connectivity index (χ4v) is 4.77. The van der Waals surface area contributed by atoms with Gasteiger partial charge in [0, 0.05) is 24.4 Å². The van der Waals surface area contributed by atoms with Crippen LogP contribution in [0.5, 0.6) is 0 Å². The highest BCUT2D eigenvalue weighted by molar-refractivity contribution is 5.94. The van der Waals surface area contributed by atoms with Crippen molar-refractivity contribution < 1.29 is 39.9 Å². The zero-order valence-electron chi connectivity index (χ0n) is 23.0. The maximum atomic E-state index is 12.7. The van der Waals surface area contributed by atoms with Gasteiger partial charge in [0.25, 0.3) is 0 Å². The maximum absolute atomic E-state index is 12.7. The van der Waals surface area contributed by atoms with E-state index in [1.807, 2.05) is 0 Å². The van der Waals surface area contributed by atoms with E-state index in [1.165, 1.54) is 10.8 Å². The summed E-state index contributed by atoms with van der Waals surface area (Å²) in [7, 11) is 0. The number of aliphatic hydroxyl groups excluding tert-OH is 4. The first-order valence-corrected chi connectivity index (χ1v) is 13.6. The number of benzene rings is 1. The molecule has 5 atom stereocenters. The number of rotatable bonds is 14. The van der Waals surface area contributed by atoms with E-state index < -0.39 is 48.6 Å². The quantitative estimate of drug-likeness (QED) is 0.142. The molecule has 1 aliphatic heterocycles. The van der Waals surface area contributed by atoms with Crippen molar-refractivity contribution in [1.82, 2.24) is 30.0 Å². The molecule has 4 rings (SSSR count). The molecule has 0 radical (unpaired) electrons. The summed E-state index contributed by atoms with van der Waals surface area (Å²) in [5.41, 5.74) is 2.09. The predicted octanol–water partition coefficient (Wildman–Crippen LogP) is 0.487. The smallest absolute Gasteiger partial charge is 0.370 e. The number of unbranched alkanes of at least 4 members (excludes halogenated alkanes) is 2. The Balaban J connectivity index is 1.41. The highest BCUT2D eigenvalue weighted by Gasteiger charge is 2.41. The number of aliphatic hydroxyl groups is 4. The van der Waals surface area contributed by atoms with Crippen molar-refractivity contribution in [3.63, 3.8) is 0 Å². The van der Waals surface area contributed by atoms with Gasteiger partial charge in [0.1, 0.15) is 29.7 Å². The number of hydrogen-bond acceptors (Lipinski definition) is 11. The van der Waals surface area contributed by atoms with Gasteiger partial charge in [0.15, 0.2) is 0 Å². The molecule has 0 bridgehead atoms. The fraction of sp³-hybridized carbons (Fsp3) is 0.481. The van der Waals surface area contributed by atoms with Crippen LogP contribution in [-0.2, 0) is 27.5 Å². The van der Waals surface area contributed by atoms with E-state index in [1.54, 1.807) is 48.3 Å². The van der Waals surface area contributed by atoms with Gasteiger partial charge in [-0.05, 0) is 25.0 Å². The number of carboxylic acid groups (broad SMARTS) is 1. The standard InChI is InChI=1S/C27H35N7O8/c1-16-21(11-23(27(40)41)42-26(16)25(39)22(37)15-36)34-13-20(30-32-34)18-7-4-5-8-19(18)28-24(38)9-3-2-6-10-33-12-17(14-35)29-31-33/h4-5,7-8,11-13,16,21-22,25-26,35-37,39H,2-3,6,9-10,14-15H2,1H3,(H,28,38)(H,40,41)/t16-,21+,22-,25-,26-/m1/s1. The third kappa shape index (κ3) is 7.36. The number of ether oxygens (including phenoxy) is 1. The number of aryl methyl sites for hydroxylation is 1. The number of carbonyl (C=O) groups excluding carboxylic acids is 1. The number of aliphatic carboxylic acids is 1. The van der Waals surface area contributed by atoms with Crippen molar-refractivity contribution in [2.45, 2.75) is 70.1 Å².